The molecule has 0 aliphatic rings. The van der Waals surface area contributed by atoms with Crippen molar-refractivity contribution in [3.8, 4) is 6.07 Å². The first kappa shape index (κ1) is 15.6. The number of nitrogens with two attached hydrogens (primary N) is 1. The van der Waals surface area contributed by atoms with Gasteiger partial charge in [0.25, 0.3) is 5.69 Å². The normalized spacial score (nSPS) is 10.3. The maximum absolute atomic E-state index is 11.0. The van der Waals surface area contributed by atoms with Crippen LogP contribution in [0.4, 0.5) is 17.1 Å². The van der Waals surface area contributed by atoms with Gasteiger partial charge >= 0.3 is 0 Å². The van der Waals surface area contributed by atoms with Crippen LogP contribution >= 0.6 is 0 Å². The van der Waals surface area contributed by atoms with E-state index in [2.05, 4.69) is 22.4 Å². The van der Waals surface area contributed by atoms with Gasteiger partial charge in [0.15, 0.2) is 5.84 Å². The summed E-state index contributed by atoms with van der Waals surface area (Å²) in [5.74, 6) is -0.497. The summed E-state index contributed by atoms with van der Waals surface area (Å²) in [7, 11) is 0. The van der Waals surface area contributed by atoms with E-state index in [0.717, 1.165) is 0 Å². The molecule has 0 atom stereocenters. The molecule has 0 saturated heterocycles. The maximum atomic E-state index is 11.0. The molecule has 108 valence electrons. The molecule has 21 heavy (non-hydrogen) atoms. The topological polar surface area (TPSA) is 153 Å². The fourth-order valence-electron chi connectivity index (χ4n) is 1.35. The van der Waals surface area contributed by atoms with Crippen molar-refractivity contribution in [2.45, 2.75) is 0 Å². The lowest BCUT2D eigenvalue weighted by Crippen LogP contribution is -2.21. The van der Waals surface area contributed by atoms with E-state index in [9.17, 15) is 10.1 Å². The lowest BCUT2D eigenvalue weighted by atomic mass is 10.2. The average molecular weight is 287 g/mol. The van der Waals surface area contributed by atoms with Crippen LogP contribution in [0.1, 0.15) is 0 Å². The fourth-order valence-corrected chi connectivity index (χ4v) is 1.35. The Morgan fingerprint density at radius 1 is 1.67 bits per heavy atom. The number of nitro benzene ring substituents is 1. The fraction of sp³-hybridized carbons (Fsp3) is 0.0833. The van der Waals surface area contributed by atoms with Gasteiger partial charge in [-0.1, -0.05) is 6.08 Å². The lowest BCUT2D eigenvalue weighted by molar-refractivity contribution is -0.383. The zero-order valence-corrected chi connectivity index (χ0v) is 11.0. The largest absolute Gasteiger partial charge is 0.382 e. The van der Waals surface area contributed by atoms with Crippen LogP contribution in [0.15, 0.2) is 36.0 Å². The monoisotopic (exact) mass is 287 g/mol. The summed E-state index contributed by atoms with van der Waals surface area (Å²) in [6.45, 7) is 3.90. The maximum Gasteiger partial charge on any atom is 0.294 e. The summed E-state index contributed by atoms with van der Waals surface area (Å²) in [6, 6.07) is 5.92. The van der Waals surface area contributed by atoms with Gasteiger partial charge in [-0.25, -0.2) is 0 Å². The second-order valence-corrected chi connectivity index (χ2v) is 3.76. The number of nitrogens with zero attached hydrogens (tertiary/aromatic N) is 3. The van der Waals surface area contributed by atoms with Crippen molar-refractivity contribution in [1.82, 2.24) is 0 Å². The highest BCUT2D eigenvalue weighted by Crippen LogP contribution is 2.27. The van der Waals surface area contributed by atoms with Gasteiger partial charge in [0.05, 0.1) is 10.6 Å². The number of hydrogen-bond donors (Lipinski definition) is 4. The molecule has 1 aromatic rings. The van der Waals surface area contributed by atoms with Crippen molar-refractivity contribution in [1.29, 1.82) is 10.7 Å². The molecular weight excluding hydrogens is 274 g/mol. The molecule has 0 amide bonds. The molecule has 0 fully saturated rings. The van der Waals surface area contributed by atoms with Gasteiger partial charge in [-0.05, 0) is 12.1 Å². The Hall–Kier alpha value is -3.41. The summed E-state index contributed by atoms with van der Waals surface area (Å²) < 4.78 is 0. The van der Waals surface area contributed by atoms with E-state index in [0.29, 0.717) is 17.9 Å². The molecule has 0 spiro atoms. The predicted molar refractivity (Wildman–Crippen MR) is 80.4 cm³/mol. The molecule has 0 heterocycles. The number of rotatable bonds is 7. The number of nitriles is 1. The minimum absolute atomic E-state index is 0.154. The minimum Gasteiger partial charge on any atom is -0.382 e. The molecule has 0 saturated carbocycles. The van der Waals surface area contributed by atoms with Crippen molar-refractivity contribution in [2.24, 2.45) is 10.8 Å². The third-order valence-corrected chi connectivity index (χ3v) is 2.29. The quantitative estimate of drug-likeness (QED) is 0.195. The van der Waals surface area contributed by atoms with Crippen LogP contribution in [0.3, 0.4) is 0 Å². The van der Waals surface area contributed by atoms with Crippen LogP contribution in [0.5, 0.6) is 0 Å². The van der Waals surface area contributed by atoms with E-state index in [1.165, 1.54) is 18.2 Å². The third-order valence-electron chi connectivity index (χ3n) is 2.29. The van der Waals surface area contributed by atoms with E-state index in [4.69, 9.17) is 16.4 Å². The Balaban J connectivity index is 3.03. The summed E-state index contributed by atoms with van der Waals surface area (Å²) in [5.41, 5.74) is 7.74. The number of anilines is 2. The number of amidine groups is 1. The predicted octanol–water partition coefficient (Wildman–Crippen LogP) is 1.42. The first-order valence-corrected chi connectivity index (χ1v) is 5.71. The molecular formula is C12H13N7O2. The molecule has 0 aliphatic heterocycles. The number of nitro groups is 1. The second kappa shape index (κ2) is 7.25. The van der Waals surface area contributed by atoms with Gasteiger partial charge < -0.3 is 11.1 Å². The van der Waals surface area contributed by atoms with Gasteiger partial charge in [-0.15, -0.1) is 6.58 Å². The van der Waals surface area contributed by atoms with Crippen LogP contribution in [-0.4, -0.2) is 23.0 Å². The van der Waals surface area contributed by atoms with Crippen molar-refractivity contribution in [3.63, 3.8) is 0 Å². The molecule has 9 heteroatoms. The van der Waals surface area contributed by atoms with Crippen LogP contribution in [0.2, 0.25) is 0 Å². The van der Waals surface area contributed by atoms with Gasteiger partial charge in [-0.3, -0.25) is 20.9 Å². The Morgan fingerprint density at radius 3 is 2.90 bits per heavy atom. The molecule has 0 bridgehead atoms. The average Bonchev–Trinajstić information content (AvgIpc) is 2.45. The van der Waals surface area contributed by atoms with Crippen molar-refractivity contribution >= 4 is 28.6 Å². The summed E-state index contributed by atoms with van der Waals surface area (Å²) in [6.07, 6.45) is 1.58. The molecule has 0 unspecified atom stereocenters. The van der Waals surface area contributed by atoms with Crippen LogP contribution < -0.4 is 16.5 Å². The van der Waals surface area contributed by atoms with Crippen LogP contribution in [0.25, 0.3) is 0 Å². The smallest absolute Gasteiger partial charge is 0.294 e. The van der Waals surface area contributed by atoms with Gasteiger partial charge in [0.1, 0.15) is 11.8 Å². The molecule has 1 rings (SSSR count). The Morgan fingerprint density at radius 2 is 2.38 bits per heavy atom. The van der Waals surface area contributed by atoms with Crippen LogP contribution in [-0.2, 0) is 0 Å². The van der Waals surface area contributed by atoms with Gasteiger partial charge in [0, 0.05) is 12.6 Å². The van der Waals surface area contributed by atoms with Crippen molar-refractivity contribution in [2.75, 3.05) is 17.3 Å². The molecule has 5 N–H and O–H groups in total. The number of nitrogens with one attached hydrogen (secondary N) is 3. The zero-order chi connectivity index (χ0) is 15.8. The van der Waals surface area contributed by atoms with E-state index >= 15 is 0 Å². The first-order valence-electron chi connectivity index (χ1n) is 5.71. The standard InChI is InChI=1S/C12H13N7O2/c1-2-5-16-9-4-3-8(6-11(9)19(20)21)17-18-10(7-13)12(14)15/h2-4,6,16-17H,1,5H2,(H3,14,15)/b18-10+. The first-order chi connectivity index (χ1) is 9.99. The van der Waals surface area contributed by atoms with Crippen molar-refractivity contribution in [3.05, 3.63) is 41.0 Å². The molecule has 0 radical (unpaired) electrons. The minimum atomic E-state index is -0.545. The van der Waals surface area contributed by atoms with Crippen LogP contribution in [0, 0.1) is 26.9 Å². The third kappa shape index (κ3) is 4.32. The van der Waals surface area contributed by atoms with E-state index in [1.54, 1.807) is 12.1 Å². The number of hydrazone groups is 1. The highest BCUT2D eigenvalue weighted by atomic mass is 16.6. The highest BCUT2D eigenvalue weighted by molar-refractivity contribution is 6.45. The summed E-state index contributed by atoms with van der Waals surface area (Å²) in [5, 5.41) is 33.2. The number of benzene rings is 1. The van der Waals surface area contributed by atoms with E-state index in [1.807, 2.05) is 0 Å². The lowest BCUT2D eigenvalue weighted by Gasteiger charge is -2.07. The molecule has 9 nitrogen and oxygen atoms in total. The van der Waals surface area contributed by atoms with Crippen molar-refractivity contribution < 1.29 is 4.92 Å². The molecule has 0 aliphatic carbocycles. The molecule has 0 aromatic heterocycles. The van der Waals surface area contributed by atoms with Gasteiger partial charge in [0.2, 0.25) is 5.71 Å². The Labute approximate surface area is 120 Å². The highest BCUT2D eigenvalue weighted by Gasteiger charge is 2.14. The second-order valence-electron chi connectivity index (χ2n) is 3.76. The summed E-state index contributed by atoms with van der Waals surface area (Å²) in [4.78, 5) is 10.5. The van der Waals surface area contributed by atoms with Gasteiger partial charge in [-0.2, -0.15) is 10.4 Å². The Kier molecular flexibility index (Phi) is 5.40. The SMILES string of the molecule is C=CCNc1ccc(N/N=C(\C#N)C(=N)N)cc1[N+](=O)[O-]. The Bertz CT molecular complexity index is 645. The molecule has 1 aromatic carbocycles. The van der Waals surface area contributed by atoms with E-state index in [-0.39, 0.29) is 11.4 Å². The summed E-state index contributed by atoms with van der Waals surface area (Å²) >= 11 is 0. The number of hydrogen-bond acceptors (Lipinski definition) is 7. The van der Waals surface area contributed by atoms with E-state index < -0.39 is 10.8 Å². The zero-order valence-electron chi connectivity index (χ0n) is 11.0.